The summed E-state index contributed by atoms with van der Waals surface area (Å²) in [5, 5.41) is 0.686. The maximum atomic E-state index is 12.4. The van der Waals surface area contributed by atoms with Gasteiger partial charge in [-0.15, -0.1) is 0 Å². The molecule has 24 heavy (non-hydrogen) atoms. The molecular formula is C18H21Cl2NO2S. The van der Waals surface area contributed by atoms with Crippen LogP contribution >= 0.6 is 23.2 Å². The summed E-state index contributed by atoms with van der Waals surface area (Å²) >= 11 is 11.8. The highest BCUT2D eigenvalue weighted by atomic mass is 35.5. The van der Waals surface area contributed by atoms with Crippen molar-refractivity contribution in [1.29, 1.82) is 0 Å². The Labute approximate surface area is 154 Å². The van der Waals surface area contributed by atoms with Crippen molar-refractivity contribution in [1.82, 2.24) is 0 Å². The van der Waals surface area contributed by atoms with E-state index in [0.717, 1.165) is 18.4 Å². The smallest absolute Gasteiger partial charge is 0.261 e. The van der Waals surface area contributed by atoms with Crippen molar-refractivity contribution in [3.05, 3.63) is 58.1 Å². The first-order valence-electron chi connectivity index (χ1n) is 7.99. The predicted octanol–water partition coefficient (Wildman–Crippen LogP) is 5.92. The van der Waals surface area contributed by atoms with Crippen molar-refractivity contribution < 1.29 is 8.42 Å². The number of aryl methyl sites for hydroxylation is 1. The molecule has 0 saturated heterocycles. The quantitative estimate of drug-likeness (QED) is 0.573. The van der Waals surface area contributed by atoms with Gasteiger partial charge in [0.05, 0.1) is 20.6 Å². The number of halogens is 2. The maximum absolute atomic E-state index is 12.4. The van der Waals surface area contributed by atoms with Crippen molar-refractivity contribution >= 4 is 38.9 Å². The van der Waals surface area contributed by atoms with E-state index in [1.54, 1.807) is 24.3 Å². The third kappa shape index (κ3) is 5.40. The second-order valence-corrected chi connectivity index (χ2v) is 8.19. The van der Waals surface area contributed by atoms with Gasteiger partial charge in [0.25, 0.3) is 10.0 Å². The van der Waals surface area contributed by atoms with E-state index in [-0.39, 0.29) is 4.90 Å². The lowest BCUT2D eigenvalue weighted by Crippen LogP contribution is -2.12. The van der Waals surface area contributed by atoms with Crippen molar-refractivity contribution in [3.63, 3.8) is 0 Å². The Morgan fingerprint density at radius 2 is 1.62 bits per heavy atom. The summed E-state index contributed by atoms with van der Waals surface area (Å²) in [6.07, 6.45) is 5.75. The van der Waals surface area contributed by atoms with E-state index in [0.29, 0.717) is 15.7 Å². The minimum atomic E-state index is -3.64. The lowest BCUT2D eigenvalue weighted by molar-refractivity contribution is 0.601. The van der Waals surface area contributed by atoms with Gasteiger partial charge in [-0.25, -0.2) is 8.42 Å². The Balaban J connectivity index is 2.04. The largest absolute Gasteiger partial charge is 0.280 e. The zero-order valence-corrected chi connectivity index (χ0v) is 15.9. The number of anilines is 1. The molecule has 0 saturated carbocycles. The Kier molecular flexibility index (Phi) is 6.96. The Hall–Kier alpha value is -1.23. The average Bonchev–Trinajstić information content (AvgIpc) is 2.55. The molecule has 0 aliphatic heterocycles. The summed E-state index contributed by atoms with van der Waals surface area (Å²) in [7, 11) is -3.64. The monoisotopic (exact) mass is 385 g/mol. The fraction of sp³-hybridized carbons (Fsp3) is 0.333. The molecule has 0 atom stereocenters. The van der Waals surface area contributed by atoms with Crippen LogP contribution in [0, 0.1) is 0 Å². The number of hydrogen-bond acceptors (Lipinski definition) is 2. The van der Waals surface area contributed by atoms with Gasteiger partial charge in [-0.05, 0) is 48.7 Å². The zero-order valence-electron chi connectivity index (χ0n) is 13.6. The first-order valence-corrected chi connectivity index (χ1v) is 10.2. The van der Waals surface area contributed by atoms with E-state index >= 15 is 0 Å². The van der Waals surface area contributed by atoms with Crippen molar-refractivity contribution in [2.45, 2.75) is 43.9 Å². The fourth-order valence-corrected chi connectivity index (χ4v) is 3.71. The second-order valence-electron chi connectivity index (χ2n) is 5.69. The van der Waals surface area contributed by atoms with Gasteiger partial charge in [0.2, 0.25) is 0 Å². The van der Waals surface area contributed by atoms with E-state index in [2.05, 4.69) is 11.6 Å². The maximum Gasteiger partial charge on any atom is 0.261 e. The lowest BCUT2D eigenvalue weighted by Gasteiger charge is -2.09. The molecule has 130 valence electrons. The Morgan fingerprint density at radius 1 is 0.917 bits per heavy atom. The summed E-state index contributed by atoms with van der Waals surface area (Å²) < 4.78 is 27.4. The Morgan fingerprint density at radius 3 is 2.25 bits per heavy atom. The van der Waals surface area contributed by atoms with Gasteiger partial charge < -0.3 is 0 Å². The van der Waals surface area contributed by atoms with Gasteiger partial charge in [-0.1, -0.05) is 61.5 Å². The third-order valence-corrected chi connectivity index (χ3v) is 5.86. The van der Waals surface area contributed by atoms with Crippen LogP contribution in [0.15, 0.2) is 47.4 Å². The van der Waals surface area contributed by atoms with Crippen molar-refractivity contribution in [2.75, 3.05) is 4.72 Å². The van der Waals surface area contributed by atoms with Gasteiger partial charge in [0, 0.05) is 0 Å². The molecule has 0 fully saturated rings. The fourth-order valence-electron chi connectivity index (χ4n) is 2.36. The third-order valence-electron chi connectivity index (χ3n) is 3.72. The first-order chi connectivity index (χ1) is 11.4. The van der Waals surface area contributed by atoms with Crippen LogP contribution in [-0.4, -0.2) is 8.42 Å². The van der Waals surface area contributed by atoms with Crippen LogP contribution in [0.2, 0.25) is 10.0 Å². The molecule has 0 radical (unpaired) electrons. The first kappa shape index (κ1) is 19.1. The van der Waals surface area contributed by atoms with Gasteiger partial charge >= 0.3 is 0 Å². The van der Waals surface area contributed by atoms with Crippen molar-refractivity contribution in [3.8, 4) is 0 Å². The highest BCUT2D eigenvalue weighted by molar-refractivity contribution is 7.92. The number of nitrogens with one attached hydrogen (secondary N) is 1. The van der Waals surface area contributed by atoms with Crippen LogP contribution < -0.4 is 4.72 Å². The molecule has 2 aromatic carbocycles. The number of unbranched alkanes of at least 4 members (excludes halogenated alkanes) is 3. The van der Waals surface area contributed by atoms with E-state index in [9.17, 15) is 8.42 Å². The number of rotatable bonds is 8. The molecule has 1 N–H and O–H groups in total. The van der Waals surface area contributed by atoms with Crippen molar-refractivity contribution in [2.24, 2.45) is 0 Å². The highest BCUT2D eigenvalue weighted by Crippen LogP contribution is 2.26. The zero-order chi connectivity index (χ0) is 17.6. The lowest BCUT2D eigenvalue weighted by atomic mass is 10.1. The van der Waals surface area contributed by atoms with Gasteiger partial charge in [-0.3, -0.25) is 4.72 Å². The van der Waals surface area contributed by atoms with Gasteiger partial charge in [0.1, 0.15) is 0 Å². The molecule has 0 heterocycles. The van der Waals surface area contributed by atoms with Crippen LogP contribution in [0.4, 0.5) is 5.69 Å². The topological polar surface area (TPSA) is 46.2 Å². The highest BCUT2D eigenvalue weighted by Gasteiger charge is 2.14. The van der Waals surface area contributed by atoms with Gasteiger partial charge in [-0.2, -0.15) is 0 Å². The molecule has 2 aromatic rings. The molecule has 0 aliphatic rings. The summed E-state index contributed by atoms with van der Waals surface area (Å²) in [6.45, 7) is 2.18. The van der Waals surface area contributed by atoms with E-state index < -0.39 is 10.0 Å². The molecule has 0 aliphatic carbocycles. The van der Waals surface area contributed by atoms with Crippen LogP contribution in [0.5, 0.6) is 0 Å². The predicted molar refractivity (Wildman–Crippen MR) is 102 cm³/mol. The molecule has 3 nitrogen and oxygen atoms in total. The number of benzene rings is 2. The molecular weight excluding hydrogens is 365 g/mol. The van der Waals surface area contributed by atoms with E-state index in [1.165, 1.54) is 25.3 Å². The summed E-state index contributed by atoms with van der Waals surface area (Å²) in [5.41, 5.74) is 1.53. The Bertz CT molecular complexity index is 774. The van der Waals surface area contributed by atoms with Crippen LogP contribution in [-0.2, 0) is 16.4 Å². The van der Waals surface area contributed by atoms with E-state index in [1.807, 2.05) is 12.1 Å². The van der Waals surface area contributed by atoms with Crippen LogP contribution in [0.3, 0.4) is 0 Å². The van der Waals surface area contributed by atoms with Crippen LogP contribution in [0.1, 0.15) is 38.2 Å². The molecule has 6 heteroatoms. The average molecular weight is 386 g/mol. The summed E-state index contributed by atoms with van der Waals surface area (Å²) in [4.78, 5) is 0.228. The second kappa shape index (κ2) is 8.75. The number of hydrogen-bond donors (Lipinski definition) is 1. The molecule has 0 spiro atoms. The normalized spacial score (nSPS) is 11.5. The molecule has 0 amide bonds. The minimum absolute atomic E-state index is 0.228. The van der Waals surface area contributed by atoms with Crippen LogP contribution in [0.25, 0.3) is 0 Å². The summed E-state index contributed by atoms with van der Waals surface area (Å²) in [6, 6.07) is 11.6. The molecule has 0 bridgehead atoms. The standard InChI is InChI=1S/C18H21Cl2NO2S/c1-2-3-4-5-6-14-7-10-16(11-8-14)24(22,23)21-15-9-12-17(19)18(20)13-15/h7-13,21H,2-6H2,1H3. The van der Waals surface area contributed by atoms with E-state index in [4.69, 9.17) is 23.2 Å². The molecule has 2 rings (SSSR count). The molecule has 0 aromatic heterocycles. The SMILES string of the molecule is CCCCCCc1ccc(S(=O)(=O)Nc2ccc(Cl)c(Cl)c2)cc1. The number of sulfonamides is 1. The minimum Gasteiger partial charge on any atom is -0.280 e. The molecule has 0 unspecified atom stereocenters. The van der Waals surface area contributed by atoms with Gasteiger partial charge in [0.15, 0.2) is 0 Å². The summed E-state index contributed by atoms with van der Waals surface area (Å²) in [5.74, 6) is 0.